The first-order chi connectivity index (χ1) is 13.5. The fourth-order valence-corrected chi connectivity index (χ4v) is 2.60. The van der Waals surface area contributed by atoms with Crippen LogP contribution in [-0.4, -0.2) is 27.1 Å². The highest BCUT2D eigenvalue weighted by Crippen LogP contribution is 2.18. The summed E-state index contributed by atoms with van der Waals surface area (Å²) in [7, 11) is 4.93. The van der Waals surface area contributed by atoms with Crippen molar-refractivity contribution in [2.24, 2.45) is 0 Å². The number of methoxy groups -OCH3 is 2. The third kappa shape index (κ3) is 7.53. The van der Waals surface area contributed by atoms with Crippen LogP contribution in [0.3, 0.4) is 0 Å². The number of rotatable bonds is 4. The molecule has 3 nitrogen and oxygen atoms in total. The summed E-state index contributed by atoms with van der Waals surface area (Å²) in [5.41, 5.74) is 3.46. The zero-order valence-electron chi connectivity index (χ0n) is 17.9. The maximum Gasteiger partial charge on any atom is 0.159 e. The molecule has 3 aromatic rings. The minimum Gasteiger partial charge on any atom is -0.497 e. The average molecular weight is 381 g/mol. The lowest BCUT2D eigenvalue weighted by molar-refractivity contribution is 0.101. The highest BCUT2D eigenvalue weighted by Gasteiger charge is 2.01. The summed E-state index contributed by atoms with van der Waals surface area (Å²) >= 11 is 0. The van der Waals surface area contributed by atoms with Crippen LogP contribution in [0.1, 0.15) is 42.3 Å². The number of ketones is 1. The molecule has 0 saturated carbocycles. The molecule has 0 fully saturated rings. The van der Waals surface area contributed by atoms with E-state index in [9.17, 15) is 4.79 Å². The van der Waals surface area contributed by atoms with Crippen molar-refractivity contribution >= 4 is 16.6 Å². The topological polar surface area (TPSA) is 35.5 Å². The summed E-state index contributed by atoms with van der Waals surface area (Å²) < 4.78 is 9.26. The first kappa shape index (κ1) is 23.4. The number of benzene rings is 3. The van der Waals surface area contributed by atoms with E-state index >= 15 is 0 Å². The van der Waals surface area contributed by atoms with Gasteiger partial charge in [0.25, 0.3) is 0 Å². The van der Waals surface area contributed by atoms with Gasteiger partial charge in [-0.25, -0.2) is 0 Å². The molecule has 0 aliphatic heterocycles. The summed E-state index contributed by atoms with van der Waals surface area (Å²) in [6.45, 7) is 5.88. The first-order valence-electron chi connectivity index (χ1n) is 9.55. The standard InChI is InChI=1S/C14H14O.C9H12O.C2H6O/c1-3-11-4-5-14-9-12(10(2)15)6-7-13(14)8-11;1-3-8-4-6-9(10-2)7-5-8;1-3-2/h4-9H,3H2,1-2H3;4-7H,3H2,1-2H3;1-2H3. The minimum atomic E-state index is 0.122. The molecule has 0 aromatic heterocycles. The number of Topliss-reactive ketones (excluding diaryl/α,β-unsaturated/α-hetero) is 1. The van der Waals surface area contributed by atoms with Crippen molar-refractivity contribution in [1.82, 2.24) is 0 Å². The molecule has 0 radical (unpaired) electrons. The second kappa shape index (κ2) is 12.7. The van der Waals surface area contributed by atoms with Crippen LogP contribution >= 0.6 is 0 Å². The molecule has 28 heavy (non-hydrogen) atoms. The van der Waals surface area contributed by atoms with Crippen molar-refractivity contribution in [3.63, 3.8) is 0 Å². The lowest BCUT2D eigenvalue weighted by Gasteiger charge is -2.02. The van der Waals surface area contributed by atoms with Gasteiger partial charge in [-0.2, -0.15) is 0 Å². The molecule has 0 unspecified atom stereocenters. The van der Waals surface area contributed by atoms with E-state index in [0.717, 1.165) is 29.5 Å². The van der Waals surface area contributed by atoms with Crippen molar-refractivity contribution in [1.29, 1.82) is 0 Å². The third-order valence-electron chi connectivity index (χ3n) is 4.29. The summed E-state index contributed by atoms with van der Waals surface area (Å²) in [6, 6.07) is 20.4. The lowest BCUT2D eigenvalue weighted by atomic mass is 10.0. The number of hydrogen-bond donors (Lipinski definition) is 0. The Balaban J connectivity index is 0.000000261. The molecule has 0 atom stereocenters. The Hall–Kier alpha value is -2.65. The van der Waals surface area contributed by atoms with Crippen molar-refractivity contribution in [3.05, 3.63) is 77.4 Å². The van der Waals surface area contributed by atoms with E-state index in [1.807, 2.05) is 30.3 Å². The van der Waals surface area contributed by atoms with Crippen molar-refractivity contribution in [2.45, 2.75) is 33.6 Å². The minimum absolute atomic E-state index is 0.122. The number of carbonyl (C=O) groups excluding carboxylic acids is 1. The molecule has 150 valence electrons. The lowest BCUT2D eigenvalue weighted by Crippen LogP contribution is -1.91. The number of carbonyl (C=O) groups is 1. The number of ether oxygens (including phenoxy) is 2. The molecule has 0 amide bonds. The second-order valence-corrected chi connectivity index (χ2v) is 6.42. The van der Waals surface area contributed by atoms with Crippen LogP contribution in [0.25, 0.3) is 10.8 Å². The zero-order chi connectivity index (χ0) is 20.9. The van der Waals surface area contributed by atoms with E-state index in [4.69, 9.17) is 4.74 Å². The summed E-state index contributed by atoms with van der Waals surface area (Å²) in [6.07, 6.45) is 2.13. The molecule has 0 aliphatic carbocycles. The highest BCUT2D eigenvalue weighted by molar-refractivity contribution is 5.98. The third-order valence-corrected chi connectivity index (χ3v) is 4.29. The number of fused-ring (bicyclic) bond motifs is 1. The summed E-state index contributed by atoms with van der Waals surface area (Å²) in [4.78, 5) is 11.2. The molecule has 0 saturated heterocycles. The van der Waals surface area contributed by atoms with Gasteiger partial charge in [0.1, 0.15) is 5.75 Å². The van der Waals surface area contributed by atoms with Gasteiger partial charge >= 0.3 is 0 Å². The van der Waals surface area contributed by atoms with Crippen LogP contribution < -0.4 is 4.74 Å². The number of hydrogen-bond acceptors (Lipinski definition) is 3. The van der Waals surface area contributed by atoms with Gasteiger partial charge in [0, 0.05) is 19.8 Å². The fraction of sp³-hybridized carbons (Fsp3) is 0.320. The van der Waals surface area contributed by atoms with Gasteiger partial charge in [0.2, 0.25) is 0 Å². The quantitative estimate of drug-likeness (QED) is 0.511. The van der Waals surface area contributed by atoms with E-state index in [1.54, 1.807) is 28.3 Å². The van der Waals surface area contributed by atoms with E-state index in [-0.39, 0.29) is 5.78 Å². The zero-order valence-corrected chi connectivity index (χ0v) is 17.9. The van der Waals surface area contributed by atoms with Gasteiger partial charge in [-0.15, -0.1) is 0 Å². The molecule has 0 aliphatic rings. The maximum absolute atomic E-state index is 11.2. The summed E-state index contributed by atoms with van der Waals surface area (Å²) in [5.74, 6) is 1.05. The molecular formula is C25H32O3. The van der Waals surface area contributed by atoms with Gasteiger partial charge in [-0.1, -0.05) is 56.3 Å². The van der Waals surface area contributed by atoms with Crippen molar-refractivity contribution in [2.75, 3.05) is 21.3 Å². The van der Waals surface area contributed by atoms with Crippen LogP contribution in [-0.2, 0) is 17.6 Å². The molecule has 0 bridgehead atoms. The van der Waals surface area contributed by atoms with Crippen molar-refractivity contribution in [3.8, 4) is 5.75 Å². The monoisotopic (exact) mass is 380 g/mol. The SMILES string of the molecule is CCc1ccc(OC)cc1.CCc1ccc2cc(C(C)=O)ccc2c1.COC. The Labute approximate surface area is 169 Å². The smallest absolute Gasteiger partial charge is 0.159 e. The average Bonchev–Trinajstić information content (AvgIpc) is 2.74. The largest absolute Gasteiger partial charge is 0.497 e. The van der Waals surface area contributed by atoms with Gasteiger partial charge < -0.3 is 9.47 Å². The van der Waals surface area contributed by atoms with Gasteiger partial charge in [-0.3, -0.25) is 4.79 Å². The predicted octanol–water partition coefficient (Wildman–Crippen LogP) is 6.13. The molecular weight excluding hydrogens is 348 g/mol. The maximum atomic E-state index is 11.2. The highest BCUT2D eigenvalue weighted by atomic mass is 16.5. The van der Waals surface area contributed by atoms with Gasteiger partial charge in [-0.05, 0) is 59.9 Å². The van der Waals surface area contributed by atoms with E-state index in [0.29, 0.717) is 0 Å². The molecule has 0 N–H and O–H groups in total. The Bertz CT molecular complexity index is 828. The molecule has 3 heteroatoms. The van der Waals surface area contributed by atoms with Crippen LogP contribution in [0, 0.1) is 0 Å². The summed E-state index contributed by atoms with van der Waals surface area (Å²) in [5, 5.41) is 2.35. The first-order valence-corrected chi connectivity index (χ1v) is 9.55. The van der Waals surface area contributed by atoms with E-state index < -0.39 is 0 Å². The molecule has 3 rings (SSSR count). The Kier molecular flexibility index (Phi) is 10.6. The predicted molar refractivity (Wildman–Crippen MR) is 119 cm³/mol. The van der Waals surface area contributed by atoms with E-state index in [2.05, 4.69) is 48.9 Å². The molecule has 0 heterocycles. The number of aryl methyl sites for hydroxylation is 2. The Morgan fingerprint density at radius 2 is 1.25 bits per heavy atom. The van der Waals surface area contributed by atoms with E-state index in [1.165, 1.54) is 16.5 Å². The Morgan fingerprint density at radius 3 is 1.75 bits per heavy atom. The second-order valence-electron chi connectivity index (χ2n) is 6.42. The van der Waals surface area contributed by atoms with Crippen LogP contribution in [0.2, 0.25) is 0 Å². The van der Waals surface area contributed by atoms with Gasteiger partial charge in [0.05, 0.1) is 7.11 Å². The van der Waals surface area contributed by atoms with Gasteiger partial charge in [0.15, 0.2) is 5.78 Å². The van der Waals surface area contributed by atoms with Crippen LogP contribution in [0.4, 0.5) is 0 Å². The van der Waals surface area contributed by atoms with Crippen LogP contribution in [0.5, 0.6) is 5.75 Å². The fourth-order valence-electron chi connectivity index (χ4n) is 2.60. The van der Waals surface area contributed by atoms with Crippen molar-refractivity contribution < 1.29 is 14.3 Å². The Morgan fingerprint density at radius 1 is 0.750 bits per heavy atom. The normalized spacial score (nSPS) is 9.64. The van der Waals surface area contributed by atoms with Crippen LogP contribution in [0.15, 0.2) is 60.7 Å². The molecule has 3 aromatic carbocycles. The molecule has 0 spiro atoms.